The average Bonchev–Trinajstić information content (AvgIpc) is 2.90. The Morgan fingerprint density at radius 1 is 1.38 bits per heavy atom. The first-order chi connectivity index (χ1) is 11.6. The monoisotopic (exact) mass is 330 g/mol. The molecule has 0 aromatic rings. The van der Waals surface area contributed by atoms with Crippen molar-refractivity contribution in [2.24, 2.45) is 17.8 Å². The number of rotatable bonds is 12. The van der Waals surface area contributed by atoms with E-state index in [0.717, 1.165) is 25.7 Å². The Labute approximate surface area is 145 Å². The Morgan fingerprint density at radius 3 is 2.83 bits per heavy atom. The van der Waals surface area contributed by atoms with Crippen molar-refractivity contribution in [2.75, 3.05) is 0 Å². The first kappa shape index (κ1) is 20.1. The van der Waals surface area contributed by atoms with Crippen LogP contribution in [0.1, 0.15) is 51.9 Å². The molecular weight excluding hydrogens is 300 g/mol. The van der Waals surface area contributed by atoms with Gasteiger partial charge in [-0.3, -0.25) is 9.59 Å². The van der Waals surface area contributed by atoms with Crippen LogP contribution in [-0.2, 0) is 9.59 Å². The predicted octanol–water partition coefficient (Wildman–Crippen LogP) is 5.11. The van der Waals surface area contributed by atoms with Crippen LogP contribution in [-0.4, -0.2) is 16.9 Å². The molecule has 0 aromatic carbocycles. The smallest absolute Gasteiger partial charge is 0.303 e. The summed E-state index contributed by atoms with van der Waals surface area (Å²) in [6, 6.07) is 0. The molecule has 0 fully saturated rings. The Kier molecular flexibility index (Phi) is 9.74. The molecule has 0 aliphatic heterocycles. The Hall–Kier alpha value is -1.90. The second-order valence-electron chi connectivity index (χ2n) is 6.39. The molecule has 3 atom stereocenters. The highest BCUT2D eigenvalue weighted by Crippen LogP contribution is 2.28. The first-order valence-corrected chi connectivity index (χ1v) is 8.96. The number of hydrogen-bond donors (Lipinski definition) is 1. The Bertz CT molecular complexity index is 499. The molecule has 1 N–H and O–H groups in total. The van der Waals surface area contributed by atoms with Crippen LogP contribution in [0.3, 0.4) is 0 Å². The molecule has 0 saturated carbocycles. The van der Waals surface area contributed by atoms with Crippen molar-refractivity contribution in [3.05, 3.63) is 49.1 Å². The average molecular weight is 330 g/mol. The van der Waals surface area contributed by atoms with Gasteiger partial charge in [-0.15, -0.1) is 6.58 Å². The molecule has 3 nitrogen and oxygen atoms in total. The third-order valence-corrected chi connectivity index (χ3v) is 4.42. The molecule has 0 saturated heterocycles. The summed E-state index contributed by atoms with van der Waals surface area (Å²) in [5.74, 6) is 0.108. The van der Waals surface area contributed by atoms with Gasteiger partial charge < -0.3 is 5.11 Å². The molecule has 0 aromatic heterocycles. The van der Waals surface area contributed by atoms with Gasteiger partial charge in [0.1, 0.15) is 0 Å². The van der Waals surface area contributed by atoms with Crippen LogP contribution >= 0.6 is 0 Å². The number of carboxylic acids is 1. The molecule has 0 bridgehead atoms. The van der Waals surface area contributed by atoms with Crippen molar-refractivity contribution in [2.45, 2.75) is 51.9 Å². The summed E-state index contributed by atoms with van der Waals surface area (Å²) in [6.07, 6.45) is 19.6. The van der Waals surface area contributed by atoms with Crippen LogP contribution < -0.4 is 0 Å². The second kappa shape index (κ2) is 11.6. The van der Waals surface area contributed by atoms with E-state index in [1.807, 2.05) is 24.3 Å². The highest BCUT2D eigenvalue weighted by Gasteiger charge is 2.26. The lowest BCUT2D eigenvalue weighted by Crippen LogP contribution is -2.13. The molecule has 3 heteroatoms. The molecule has 132 valence electrons. The number of ketones is 1. The second-order valence-corrected chi connectivity index (χ2v) is 6.39. The minimum atomic E-state index is -0.760. The lowest BCUT2D eigenvalue weighted by Gasteiger charge is -2.13. The third kappa shape index (κ3) is 7.58. The van der Waals surface area contributed by atoms with E-state index >= 15 is 0 Å². The fraction of sp³-hybridized carbons (Fsp3) is 0.524. The standard InChI is InChI=1S/C21H30O3/c1-3-10-17(4-2)11-9-12-18-15-16-20(22)19(18)13-7-5-6-8-14-21(23)24/h4-5,7,9,12,15-19H,2-3,6,8,10-11,13-14H2,1H3,(H,23,24)/b7-5-,12-9?/t17?,18-,19+/m0/s1. The number of unbranched alkanes of at least 4 members (excludes halogenated alkanes) is 1. The quantitative estimate of drug-likeness (QED) is 0.400. The fourth-order valence-electron chi connectivity index (χ4n) is 2.97. The Balaban J connectivity index is 2.42. The Morgan fingerprint density at radius 2 is 2.17 bits per heavy atom. The molecule has 0 amide bonds. The van der Waals surface area contributed by atoms with Gasteiger partial charge in [0.25, 0.3) is 0 Å². The largest absolute Gasteiger partial charge is 0.481 e. The molecule has 1 aliphatic rings. The molecule has 1 unspecified atom stereocenters. The summed E-state index contributed by atoms with van der Waals surface area (Å²) in [5, 5.41) is 8.59. The number of carbonyl (C=O) groups excluding carboxylic acids is 1. The van der Waals surface area contributed by atoms with Crippen molar-refractivity contribution in [1.29, 1.82) is 0 Å². The SMILES string of the molecule is C=CC(CC=C[C@H]1C=CC(=O)[C@@H]1C/C=C\CCCC(=O)O)CCC. The van der Waals surface area contributed by atoms with Gasteiger partial charge in [0.2, 0.25) is 0 Å². The van der Waals surface area contributed by atoms with E-state index in [1.54, 1.807) is 6.08 Å². The van der Waals surface area contributed by atoms with Gasteiger partial charge in [-0.05, 0) is 44.1 Å². The van der Waals surface area contributed by atoms with Gasteiger partial charge in [0, 0.05) is 18.3 Å². The van der Waals surface area contributed by atoms with Crippen LogP contribution in [0, 0.1) is 17.8 Å². The van der Waals surface area contributed by atoms with Gasteiger partial charge in [-0.25, -0.2) is 0 Å². The number of carboxylic acid groups (broad SMARTS) is 1. The first-order valence-electron chi connectivity index (χ1n) is 8.96. The summed E-state index contributed by atoms with van der Waals surface area (Å²) in [7, 11) is 0. The van der Waals surface area contributed by atoms with E-state index in [4.69, 9.17) is 5.11 Å². The highest BCUT2D eigenvalue weighted by atomic mass is 16.4. The van der Waals surface area contributed by atoms with E-state index in [2.05, 4.69) is 25.7 Å². The minimum Gasteiger partial charge on any atom is -0.481 e. The van der Waals surface area contributed by atoms with Crippen molar-refractivity contribution in [3.8, 4) is 0 Å². The molecule has 0 spiro atoms. The minimum absolute atomic E-state index is 0.00895. The fourth-order valence-corrected chi connectivity index (χ4v) is 2.97. The maximum absolute atomic E-state index is 12.0. The molecule has 1 aliphatic carbocycles. The van der Waals surface area contributed by atoms with Crippen LogP contribution in [0.15, 0.2) is 49.1 Å². The zero-order valence-corrected chi connectivity index (χ0v) is 14.7. The lowest BCUT2D eigenvalue weighted by molar-refractivity contribution is -0.137. The molecule has 0 heterocycles. The predicted molar refractivity (Wildman–Crippen MR) is 98.7 cm³/mol. The summed E-state index contributed by atoms with van der Waals surface area (Å²) in [5.41, 5.74) is 0. The molecule has 24 heavy (non-hydrogen) atoms. The maximum Gasteiger partial charge on any atom is 0.303 e. The molecule has 0 radical (unpaired) electrons. The van der Waals surface area contributed by atoms with Gasteiger partial charge in [-0.1, -0.05) is 49.8 Å². The summed E-state index contributed by atoms with van der Waals surface area (Å²) < 4.78 is 0. The van der Waals surface area contributed by atoms with E-state index in [-0.39, 0.29) is 24.0 Å². The van der Waals surface area contributed by atoms with Crippen molar-refractivity contribution < 1.29 is 14.7 Å². The van der Waals surface area contributed by atoms with Gasteiger partial charge >= 0.3 is 5.97 Å². The third-order valence-electron chi connectivity index (χ3n) is 4.42. The van der Waals surface area contributed by atoms with Crippen molar-refractivity contribution in [1.82, 2.24) is 0 Å². The normalized spacial score (nSPS) is 21.8. The maximum atomic E-state index is 12.0. The van der Waals surface area contributed by atoms with Gasteiger partial charge in [0.15, 0.2) is 5.78 Å². The van der Waals surface area contributed by atoms with Crippen molar-refractivity contribution >= 4 is 11.8 Å². The zero-order valence-electron chi connectivity index (χ0n) is 14.7. The highest BCUT2D eigenvalue weighted by molar-refractivity contribution is 5.95. The van der Waals surface area contributed by atoms with Crippen LogP contribution in [0.5, 0.6) is 0 Å². The number of carbonyl (C=O) groups is 2. The van der Waals surface area contributed by atoms with E-state index in [0.29, 0.717) is 18.8 Å². The van der Waals surface area contributed by atoms with Crippen molar-refractivity contribution in [3.63, 3.8) is 0 Å². The van der Waals surface area contributed by atoms with Crippen LogP contribution in [0.4, 0.5) is 0 Å². The van der Waals surface area contributed by atoms with E-state index in [9.17, 15) is 9.59 Å². The van der Waals surface area contributed by atoms with E-state index in [1.165, 1.54) is 0 Å². The summed E-state index contributed by atoms with van der Waals surface area (Å²) >= 11 is 0. The summed E-state index contributed by atoms with van der Waals surface area (Å²) in [4.78, 5) is 22.4. The number of aliphatic carboxylic acids is 1. The lowest BCUT2D eigenvalue weighted by atomic mass is 9.90. The number of hydrogen-bond acceptors (Lipinski definition) is 2. The molecular formula is C21H30O3. The van der Waals surface area contributed by atoms with Gasteiger partial charge in [0.05, 0.1) is 0 Å². The van der Waals surface area contributed by atoms with Crippen LogP contribution in [0.25, 0.3) is 0 Å². The zero-order chi connectivity index (χ0) is 17.8. The van der Waals surface area contributed by atoms with Crippen LogP contribution in [0.2, 0.25) is 0 Å². The topological polar surface area (TPSA) is 54.4 Å². The number of allylic oxidation sites excluding steroid dienone is 7. The van der Waals surface area contributed by atoms with Gasteiger partial charge in [-0.2, -0.15) is 0 Å². The summed E-state index contributed by atoms with van der Waals surface area (Å²) in [6.45, 7) is 6.06. The van der Waals surface area contributed by atoms with E-state index < -0.39 is 5.97 Å². The molecule has 1 rings (SSSR count).